The van der Waals surface area contributed by atoms with E-state index in [1.807, 2.05) is 0 Å². The Balaban J connectivity index is 2.41. The van der Waals surface area contributed by atoms with E-state index in [1.54, 1.807) is 0 Å². The molecule has 1 aliphatic carbocycles. The minimum Gasteiger partial charge on any atom is -0.462 e. The molecule has 0 radical (unpaired) electrons. The van der Waals surface area contributed by atoms with Crippen LogP contribution in [0.1, 0.15) is 206 Å². The second-order valence-corrected chi connectivity index (χ2v) is 18.7. The number of hydrogen-bond acceptors (Lipinski definition) is 12. The van der Waals surface area contributed by atoms with Gasteiger partial charge in [-0.1, -0.05) is 159 Å². The first-order chi connectivity index (χ1) is 30.4. The highest BCUT2D eigenvalue weighted by Crippen LogP contribution is 2.47. The van der Waals surface area contributed by atoms with Crippen LogP contribution in [0.2, 0.25) is 0 Å². The normalized spacial score (nSPS) is 22.0. The van der Waals surface area contributed by atoms with Gasteiger partial charge < -0.3 is 39.9 Å². The Bertz CT molecular complexity index is 1240. The van der Waals surface area contributed by atoms with Crippen LogP contribution in [0.3, 0.4) is 0 Å². The van der Waals surface area contributed by atoms with Gasteiger partial charge in [0, 0.05) is 12.8 Å². The lowest BCUT2D eigenvalue weighted by Crippen LogP contribution is -2.64. The first kappa shape index (κ1) is 59.1. The van der Waals surface area contributed by atoms with Gasteiger partial charge in [-0.25, -0.2) is 4.57 Å². The first-order valence-electron chi connectivity index (χ1n) is 24.8. The number of aliphatic hydroxyl groups excluding tert-OH is 5. The molecule has 14 heteroatoms. The molecule has 0 spiro atoms. The number of phosphoric ester groups is 1. The quantitative estimate of drug-likeness (QED) is 0.0146. The van der Waals surface area contributed by atoms with E-state index in [4.69, 9.17) is 18.5 Å². The monoisotopic (exact) mass is 917 g/mol. The molecule has 0 aromatic rings. The molecular formula is C49H89O13P. The molecule has 0 aliphatic heterocycles. The Hall–Kier alpha value is -1.93. The zero-order valence-electron chi connectivity index (χ0n) is 39.1. The predicted molar refractivity (Wildman–Crippen MR) is 249 cm³/mol. The highest BCUT2D eigenvalue weighted by molar-refractivity contribution is 7.47. The van der Waals surface area contributed by atoms with Crippen molar-refractivity contribution in [2.24, 2.45) is 0 Å². The summed E-state index contributed by atoms with van der Waals surface area (Å²) < 4.78 is 33.6. The summed E-state index contributed by atoms with van der Waals surface area (Å²) in [5, 5.41) is 50.2. The number of carbonyl (C=O) groups excluding carboxylic acids is 2. The first-order valence-corrected chi connectivity index (χ1v) is 26.3. The lowest BCUT2D eigenvalue weighted by molar-refractivity contribution is -0.220. The maximum Gasteiger partial charge on any atom is 0.472 e. The molecule has 6 atom stereocenters. The van der Waals surface area contributed by atoms with Crippen molar-refractivity contribution in [3.8, 4) is 0 Å². The summed E-state index contributed by atoms with van der Waals surface area (Å²) in [7, 11) is -5.12. The Morgan fingerprint density at radius 2 is 0.857 bits per heavy atom. The van der Waals surface area contributed by atoms with Crippen molar-refractivity contribution in [1.82, 2.24) is 0 Å². The van der Waals surface area contributed by atoms with Crippen molar-refractivity contribution in [2.75, 3.05) is 13.2 Å². The molecule has 0 heterocycles. The van der Waals surface area contributed by atoms with Gasteiger partial charge in [0.1, 0.15) is 43.2 Å². The maximum atomic E-state index is 12.8. The van der Waals surface area contributed by atoms with Crippen molar-refractivity contribution in [3.05, 3.63) is 36.5 Å². The fraction of sp³-hybridized carbons (Fsp3) is 0.837. The summed E-state index contributed by atoms with van der Waals surface area (Å²) in [6, 6.07) is 0. The van der Waals surface area contributed by atoms with E-state index in [-0.39, 0.29) is 12.8 Å². The van der Waals surface area contributed by atoms with Crippen molar-refractivity contribution in [2.45, 2.75) is 249 Å². The van der Waals surface area contributed by atoms with Gasteiger partial charge in [0.15, 0.2) is 6.10 Å². The van der Waals surface area contributed by atoms with Gasteiger partial charge in [0.05, 0.1) is 6.61 Å². The van der Waals surface area contributed by atoms with Crippen molar-refractivity contribution >= 4 is 19.8 Å². The predicted octanol–water partition coefficient (Wildman–Crippen LogP) is 10.2. The summed E-state index contributed by atoms with van der Waals surface area (Å²) in [4.78, 5) is 35.7. The number of rotatable bonds is 41. The third kappa shape index (κ3) is 31.6. The van der Waals surface area contributed by atoms with Crippen LogP contribution >= 0.6 is 7.82 Å². The van der Waals surface area contributed by atoms with Gasteiger partial charge in [0.25, 0.3) is 0 Å². The van der Waals surface area contributed by atoms with E-state index in [0.29, 0.717) is 12.8 Å². The average Bonchev–Trinajstić information content (AvgIpc) is 3.26. The Morgan fingerprint density at radius 1 is 0.492 bits per heavy atom. The smallest absolute Gasteiger partial charge is 0.462 e. The largest absolute Gasteiger partial charge is 0.472 e. The minimum absolute atomic E-state index is 0.0907. The Morgan fingerprint density at radius 3 is 1.32 bits per heavy atom. The van der Waals surface area contributed by atoms with Crippen molar-refractivity contribution in [3.63, 3.8) is 0 Å². The van der Waals surface area contributed by atoms with E-state index in [9.17, 15) is 44.6 Å². The Kier molecular flexibility index (Phi) is 36.8. The Labute approximate surface area is 380 Å². The zero-order chi connectivity index (χ0) is 46.4. The molecule has 1 fully saturated rings. The van der Waals surface area contributed by atoms with Crippen LogP contribution < -0.4 is 0 Å². The fourth-order valence-corrected chi connectivity index (χ4v) is 8.40. The van der Waals surface area contributed by atoms with Crippen LogP contribution in [0.4, 0.5) is 0 Å². The van der Waals surface area contributed by atoms with E-state index in [1.165, 1.54) is 89.9 Å². The summed E-state index contributed by atoms with van der Waals surface area (Å²) in [5.74, 6) is -1.11. The number of allylic oxidation sites excluding steroid dienone is 6. The molecule has 0 aromatic heterocycles. The molecule has 1 rings (SSSR count). The minimum atomic E-state index is -5.12. The third-order valence-electron chi connectivity index (χ3n) is 11.5. The van der Waals surface area contributed by atoms with Gasteiger partial charge in [-0.15, -0.1) is 0 Å². The van der Waals surface area contributed by atoms with Gasteiger partial charge >= 0.3 is 19.8 Å². The van der Waals surface area contributed by atoms with Crippen LogP contribution in [-0.4, -0.2) is 98.3 Å². The number of hydrogen-bond donors (Lipinski definition) is 6. The van der Waals surface area contributed by atoms with Crippen LogP contribution in [0, 0.1) is 0 Å². The van der Waals surface area contributed by atoms with Crippen LogP contribution in [0.5, 0.6) is 0 Å². The topological polar surface area (TPSA) is 210 Å². The van der Waals surface area contributed by atoms with Crippen LogP contribution in [0.15, 0.2) is 36.5 Å². The summed E-state index contributed by atoms with van der Waals surface area (Å²) in [6.45, 7) is 3.27. The highest BCUT2D eigenvalue weighted by atomic mass is 31.2. The number of unbranched alkanes of at least 4 members (excludes halogenated alkanes) is 23. The third-order valence-corrected chi connectivity index (χ3v) is 12.4. The molecular weight excluding hydrogens is 827 g/mol. The highest BCUT2D eigenvalue weighted by Gasteiger charge is 2.51. The van der Waals surface area contributed by atoms with E-state index in [0.717, 1.165) is 77.0 Å². The summed E-state index contributed by atoms with van der Waals surface area (Å²) >= 11 is 0. The van der Waals surface area contributed by atoms with Gasteiger partial charge in [-0.2, -0.15) is 0 Å². The molecule has 0 saturated heterocycles. The summed E-state index contributed by atoms with van der Waals surface area (Å²) in [5.41, 5.74) is 0. The molecule has 63 heavy (non-hydrogen) atoms. The van der Waals surface area contributed by atoms with Gasteiger partial charge in [-0.05, 0) is 70.6 Å². The number of ether oxygens (including phenoxy) is 2. The van der Waals surface area contributed by atoms with Crippen LogP contribution in [-0.2, 0) is 32.7 Å². The fourth-order valence-electron chi connectivity index (χ4n) is 7.43. The second-order valence-electron chi connectivity index (χ2n) is 17.3. The lowest BCUT2D eigenvalue weighted by Gasteiger charge is -2.41. The molecule has 368 valence electrons. The molecule has 1 saturated carbocycles. The molecule has 1 aliphatic rings. The van der Waals surface area contributed by atoms with Crippen molar-refractivity contribution < 1.29 is 63.1 Å². The SMILES string of the molecule is CCCCCC/C=C\CCCCCCCC(=O)OCC(COP(=O)(O)OC1C(O)C(O)C(O)C(O)C1O)OC(=O)CCCCCCCCCCC/C=C\C/C=C\CCCCCCC. The molecule has 0 bridgehead atoms. The number of phosphoric acid groups is 1. The standard InChI is InChI=1S/C49H89O13P/c1-3-5-7-9-11-13-15-17-18-19-20-21-22-23-24-26-28-30-32-34-36-38-43(51)61-41(40-60-63(57,58)62-49-47(55)45(53)44(52)46(54)48(49)56)39-59-42(50)37-35-33-31-29-27-25-16-14-12-10-8-6-4-2/h14-17,19-20,41,44-49,52-56H,3-13,18,21-40H2,1-2H3,(H,57,58)/b16-14-,17-15-,20-19-. The zero-order valence-corrected chi connectivity index (χ0v) is 40.0. The summed E-state index contributed by atoms with van der Waals surface area (Å²) in [6.07, 6.45) is 31.9. The van der Waals surface area contributed by atoms with Gasteiger partial charge in [0.2, 0.25) is 0 Å². The van der Waals surface area contributed by atoms with E-state index >= 15 is 0 Å². The lowest BCUT2D eigenvalue weighted by atomic mass is 9.85. The number of esters is 2. The van der Waals surface area contributed by atoms with Crippen molar-refractivity contribution in [1.29, 1.82) is 0 Å². The van der Waals surface area contributed by atoms with Gasteiger partial charge in [-0.3, -0.25) is 18.6 Å². The molecule has 6 unspecified atom stereocenters. The molecule has 0 amide bonds. The molecule has 13 nitrogen and oxygen atoms in total. The second kappa shape index (κ2) is 39.3. The molecule has 6 N–H and O–H groups in total. The van der Waals surface area contributed by atoms with E-state index < -0.39 is 75.7 Å². The molecule has 0 aromatic carbocycles. The van der Waals surface area contributed by atoms with Crippen LogP contribution in [0.25, 0.3) is 0 Å². The number of aliphatic hydroxyl groups is 5. The maximum absolute atomic E-state index is 12.8. The number of carbonyl (C=O) groups is 2. The average molecular weight is 917 g/mol. The van der Waals surface area contributed by atoms with E-state index in [2.05, 4.69) is 50.3 Å².